The second-order valence-corrected chi connectivity index (χ2v) is 8.58. The third-order valence-electron chi connectivity index (χ3n) is 6.52. The van der Waals surface area contributed by atoms with Gasteiger partial charge in [0.2, 0.25) is 0 Å². The monoisotopic (exact) mass is 311 g/mol. The summed E-state index contributed by atoms with van der Waals surface area (Å²) in [5.41, 5.74) is 8.77. The Morgan fingerprint density at radius 2 is 1.61 bits per heavy atom. The van der Waals surface area contributed by atoms with Gasteiger partial charge in [-0.25, -0.2) is 0 Å². The number of nitrogens with zero attached hydrogens (tertiary/aromatic N) is 1. The van der Waals surface area contributed by atoms with Crippen LogP contribution < -0.4 is 10.6 Å². The van der Waals surface area contributed by atoms with Crippen LogP contribution in [0.25, 0.3) is 0 Å². The largest absolute Gasteiger partial charge is 0.370 e. The summed E-state index contributed by atoms with van der Waals surface area (Å²) >= 11 is 0. The Labute approximate surface area is 139 Å². The minimum Gasteiger partial charge on any atom is -0.370 e. The molecule has 0 aliphatic heterocycles. The molecule has 0 aromatic heterocycles. The lowest BCUT2D eigenvalue weighted by Gasteiger charge is -2.60. The third kappa shape index (κ3) is 2.36. The van der Waals surface area contributed by atoms with Crippen LogP contribution in [0.1, 0.15) is 63.9 Å². The smallest absolute Gasteiger partial charge is 0.193 e. The summed E-state index contributed by atoms with van der Waals surface area (Å²) < 4.78 is 0. The van der Waals surface area contributed by atoms with E-state index < -0.39 is 0 Å². The molecule has 4 bridgehead atoms. The zero-order valence-electron chi connectivity index (χ0n) is 14.4. The molecule has 3 N–H and O–H groups in total. The molecule has 0 saturated heterocycles. The molecule has 3 nitrogen and oxygen atoms in total. The summed E-state index contributed by atoms with van der Waals surface area (Å²) in [6, 6.07) is 8.58. The molecule has 1 aromatic carbocycles. The van der Waals surface area contributed by atoms with Gasteiger partial charge in [-0.15, -0.1) is 0 Å². The van der Waals surface area contributed by atoms with Gasteiger partial charge in [-0.2, -0.15) is 0 Å². The van der Waals surface area contributed by atoms with E-state index in [1.165, 1.54) is 49.8 Å². The maximum Gasteiger partial charge on any atom is 0.193 e. The van der Waals surface area contributed by atoms with Gasteiger partial charge in [-0.1, -0.05) is 32.0 Å². The predicted octanol–water partition coefficient (Wildman–Crippen LogP) is 4.48. The lowest BCUT2D eigenvalue weighted by Crippen LogP contribution is -2.63. The topological polar surface area (TPSA) is 53.1 Å². The fourth-order valence-electron chi connectivity index (χ4n) is 6.16. The van der Waals surface area contributed by atoms with Crippen LogP contribution in [0.2, 0.25) is 0 Å². The number of nitrogens with one attached hydrogen (secondary N) is 1. The first-order valence-corrected chi connectivity index (χ1v) is 9.22. The van der Waals surface area contributed by atoms with E-state index in [9.17, 15) is 0 Å². The first-order valence-electron chi connectivity index (χ1n) is 9.22. The van der Waals surface area contributed by atoms with Gasteiger partial charge in [0.05, 0.1) is 0 Å². The van der Waals surface area contributed by atoms with Gasteiger partial charge in [-0.05, 0) is 73.8 Å². The molecular formula is C20H29N3. The molecule has 4 fully saturated rings. The summed E-state index contributed by atoms with van der Waals surface area (Å²) in [6.07, 6.45) is 7.92. The number of anilines is 1. The first-order chi connectivity index (χ1) is 11.0. The van der Waals surface area contributed by atoms with Crippen LogP contribution in [-0.2, 0) is 0 Å². The molecule has 23 heavy (non-hydrogen) atoms. The van der Waals surface area contributed by atoms with Crippen LogP contribution in [0, 0.1) is 23.2 Å². The maximum atomic E-state index is 8.37. The predicted molar refractivity (Wildman–Crippen MR) is 95.8 cm³/mol. The molecule has 0 heterocycles. The summed E-state index contributed by atoms with van der Waals surface area (Å²) in [5, 5.41) is 8.37. The van der Waals surface area contributed by atoms with Gasteiger partial charge in [0.15, 0.2) is 5.96 Å². The van der Waals surface area contributed by atoms with Crippen molar-refractivity contribution < 1.29 is 0 Å². The summed E-state index contributed by atoms with van der Waals surface area (Å²) in [5.74, 6) is 3.25. The number of nitrogens with two attached hydrogens (primary N) is 1. The Balaban J connectivity index is 1.79. The van der Waals surface area contributed by atoms with E-state index in [1.807, 2.05) is 0 Å². The molecule has 0 radical (unpaired) electrons. The zero-order chi connectivity index (χ0) is 16.2. The highest BCUT2D eigenvalue weighted by Gasteiger charge is 2.54. The third-order valence-corrected chi connectivity index (χ3v) is 6.52. The van der Waals surface area contributed by atoms with Crippen molar-refractivity contribution in [3.05, 3.63) is 29.8 Å². The lowest BCUT2D eigenvalue weighted by molar-refractivity contribution is 0.00161. The molecule has 1 aromatic rings. The van der Waals surface area contributed by atoms with E-state index in [1.54, 1.807) is 0 Å². The van der Waals surface area contributed by atoms with Crippen molar-refractivity contribution in [2.24, 2.45) is 23.5 Å². The Bertz CT molecular complexity index is 584. The molecule has 0 spiro atoms. The van der Waals surface area contributed by atoms with E-state index in [4.69, 9.17) is 11.1 Å². The zero-order valence-corrected chi connectivity index (χ0v) is 14.4. The van der Waals surface area contributed by atoms with Crippen LogP contribution in [0.5, 0.6) is 0 Å². The van der Waals surface area contributed by atoms with Crippen LogP contribution >= 0.6 is 0 Å². The summed E-state index contributed by atoms with van der Waals surface area (Å²) in [6.45, 7) is 4.47. The number of guanidine groups is 1. The Kier molecular flexibility index (Phi) is 3.44. The van der Waals surface area contributed by atoms with Gasteiger partial charge < -0.3 is 10.6 Å². The molecule has 5 rings (SSSR count). The van der Waals surface area contributed by atoms with Crippen LogP contribution in [-0.4, -0.2) is 11.5 Å². The van der Waals surface area contributed by atoms with Crippen molar-refractivity contribution >= 4 is 11.6 Å². The SMILES string of the molecule is CC(C)c1ccccc1N(C(=N)N)C12CC3CC(CC(C3)C1)C2. The van der Waals surface area contributed by atoms with Crippen molar-refractivity contribution in [2.75, 3.05) is 4.90 Å². The Morgan fingerprint density at radius 1 is 1.09 bits per heavy atom. The minimum atomic E-state index is 0.103. The van der Waals surface area contributed by atoms with E-state index in [0.29, 0.717) is 5.92 Å². The van der Waals surface area contributed by atoms with Crippen LogP contribution in [0.15, 0.2) is 24.3 Å². The van der Waals surface area contributed by atoms with Gasteiger partial charge in [0.25, 0.3) is 0 Å². The molecule has 4 aliphatic carbocycles. The Morgan fingerprint density at radius 3 is 2.09 bits per heavy atom. The quantitative estimate of drug-likeness (QED) is 0.639. The molecule has 0 unspecified atom stereocenters. The number of para-hydroxylation sites is 1. The highest BCUT2D eigenvalue weighted by Crippen LogP contribution is 2.58. The van der Waals surface area contributed by atoms with Crippen LogP contribution in [0.4, 0.5) is 5.69 Å². The molecule has 0 atom stereocenters. The van der Waals surface area contributed by atoms with Gasteiger partial charge in [0, 0.05) is 11.2 Å². The lowest BCUT2D eigenvalue weighted by atomic mass is 9.52. The second kappa shape index (κ2) is 5.25. The Hall–Kier alpha value is -1.51. The van der Waals surface area contributed by atoms with Crippen molar-refractivity contribution in [3.63, 3.8) is 0 Å². The van der Waals surface area contributed by atoms with Crippen molar-refractivity contribution in [1.82, 2.24) is 0 Å². The van der Waals surface area contributed by atoms with Gasteiger partial charge in [-0.3, -0.25) is 5.41 Å². The average molecular weight is 311 g/mol. The molecule has 0 amide bonds. The number of hydrogen-bond acceptors (Lipinski definition) is 1. The fraction of sp³-hybridized carbons (Fsp3) is 0.650. The molecule has 4 saturated carbocycles. The maximum absolute atomic E-state index is 8.37. The number of hydrogen-bond donors (Lipinski definition) is 2. The molecule has 3 heteroatoms. The van der Waals surface area contributed by atoms with E-state index in [2.05, 4.69) is 43.0 Å². The standard InChI is InChI=1S/C20H29N3/c1-13(2)17-5-3-4-6-18(17)23(19(21)22)20-10-14-7-15(11-20)9-16(8-14)12-20/h3-6,13-16H,7-12H2,1-2H3,(H3,21,22). The first kappa shape index (κ1) is 15.0. The fourth-order valence-corrected chi connectivity index (χ4v) is 6.16. The molecule has 124 valence electrons. The van der Waals surface area contributed by atoms with Crippen molar-refractivity contribution in [2.45, 2.75) is 63.8 Å². The van der Waals surface area contributed by atoms with E-state index in [-0.39, 0.29) is 11.5 Å². The highest BCUT2D eigenvalue weighted by atomic mass is 15.3. The molecule has 4 aliphatic rings. The average Bonchev–Trinajstić information content (AvgIpc) is 2.45. The summed E-state index contributed by atoms with van der Waals surface area (Å²) in [4.78, 5) is 2.23. The normalized spacial score (nSPS) is 34.8. The van der Waals surface area contributed by atoms with E-state index in [0.717, 1.165) is 17.8 Å². The van der Waals surface area contributed by atoms with Gasteiger partial charge >= 0.3 is 0 Å². The highest BCUT2D eigenvalue weighted by molar-refractivity contribution is 5.95. The van der Waals surface area contributed by atoms with Crippen molar-refractivity contribution in [1.29, 1.82) is 5.41 Å². The van der Waals surface area contributed by atoms with Crippen LogP contribution in [0.3, 0.4) is 0 Å². The number of benzene rings is 1. The van der Waals surface area contributed by atoms with E-state index >= 15 is 0 Å². The number of rotatable bonds is 3. The van der Waals surface area contributed by atoms with Crippen molar-refractivity contribution in [3.8, 4) is 0 Å². The summed E-state index contributed by atoms with van der Waals surface area (Å²) in [7, 11) is 0. The minimum absolute atomic E-state index is 0.103. The second-order valence-electron chi connectivity index (χ2n) is 8.58. The molecular weight excluding hydrogens is 282 g/mol. The van der Waals surface area contributed by atoms with Gasteiger partial charge in [0.1, 0.15) is 0 Å².